The third kappa shape index (κ3) is 4.99. The molecule has 0 unspecified atom stereocenters. The van der Waals surface area contributed by atoms with Crippen LogP contribution in [0.1, 0.15) is 27.9 Å². The second kappa shape index (κ2) is 9.59. The molecule has 0 bridgehead atoms. The molecular formula is C22H22FNO3. The summed E-state index contributed by atoms with van der Waals surface area (Å²) < 4.78 is 13.6. The highest BCUT2D eigenvalue weighted by atomic mass is 19.1. The number of carbonyl (C=O) groups is 2. The van der Waals surface area contributed by atoms with Crippen LogP contribution in [0.3, 0.4) is 0 Å². The van der Waals surface area contributed by atoms with E-state index < -0.39 is 0 Å². The van der Waals surface area contributed by atoms with Crippen LogP contribution in [-0.4, -0.2) is 24.4 Å². The number of amides is 1. The van der Waals surface area contributed by atoms with Crippen molar-refractivity contribution in [3.05, 3.63) is 77.1 Å². The second-order valence-electron chi connectivity index (χ2n) is 5.98. The molecule has 0 aliphatic carbocycles. The zero-order chi connectivity index (χ0) is 19.8. The van der Waals surface area contributed by atoms with E-state index in [2.05, 4.69) is 5.32 Å². The highest BCUT2D eigenvalue weighted by Crippen LogP contribution is 2.23. The molecule has 0 spiro atoms. The van der Waals surface area contributed by atoms with Crippen LogP contribution in [0.2, 0.25) is 0 Å². The molecule has 3 aromatic carbocycles. The number of para-hydroxylation sites is 1. The number of aliphatic hydroxyl groups excluding tert-OH is 1. The minimum Gasteiger partial charge on any atom is -0.400 e. The molecule has 3 aromatic rings. The quantitative estimate of drug-likeness (QED) is 0.662. The van der Waals surface area contributed by atoms with Gasteiger partial charge in [-0.1, -0.05) is 36.4 Å². The summed E-state index contributed by atoms with van der Waals surface area (Å²) in [5, 5.41) is 11.6. The normalized spacial score (nSPS) is 10.1. The van der Waals surface area contributed by atoms with Gasteiger partial charge in [-0.25, -0.2) is 4.39 Å². The van der Waals surface area contributed by atoms with Gasteiger partial charge in [0, 0.05) is 19.1 Å². The SMILES string of the molecule is CO.Cc1c(F)ccc2cc(CCC(=O)Nc3ccccc3C=O)ccc12. The predicted molar refractivity (Wildman–Crippen MR) is 106 cm³/mol. The van der Waals surface area contributed by atoms with Gasteiger partial charge in [-0.3, -0.25) is 9.59 Å². The second-order valence-corrected chi connectivity index (χ2v) is 5.98. The number of aldehydes is 1. The van der Waals surface area contributed by atoms with Gasteiger partial charge in [0.25, 0.3) is 0 Å². The van der Waals surface area contributed by atoms with Crippen molar-refractivity contribution in [1.82, 2.24) is 0 Å². The molecule has 2 N–H and O–H groups in total. The summed E-state index contributed by atoms with van der Waals surface area (Å²) >= 11 is 0. The van der Waals surface area contributed by atoms with Gasteiger partial charge in [0.2, 0.25) is 5.91 Å². The average molecular weight is 367 g/mol. The Kier molecular flexibility index (Phi) is 7.20. The Labute approximate surface area is 157 Å². The number of rotatable bonds is 5. The number of carbonyl (C=O) groups excluding carboxylic acids is 2. The molecule has 0 heterocycles. The lowest BCUT2D eigenvalue weighted by molar-refractivity contribution is -0.116. The Hall–Kier alpha value is -3.05. The molecule has 0 radical (unpaired) electrons. The Bertz CT molecular complexity index is 953. The molecular weight excluding hydrogens is 345 g/mol. The standard InChI is InChI=1S/C21H18FNO2.CH4O/c1-14-18-9-6-15(12-16(18)8-10-19(14)22)7-11-21(25)23-20-5-3-2-4-17(20)13-24;1-2/h2-6,8-10,12-13H,7,11H2,1H3,(H,23,25);2H,1H3. The van der Waals surface area contributed by atoms with Crippen LogP contribution in [0.5, 0.6) is 0 Å². The van der Waals surface area contributed by atoms with E-state index in [1.807, 2.05) is 18.2 Å². The number of halogens is 1. The Balaban J connectivity index is 0.00000126. The average Bonchev–Trinajstić information content (AvgIpc) is 2.71. The van der Waals surface area contributed by atoms with Crippen molar-refractivity contribution < 1.29 is 19.1 Å². The highest BCUT2D eigenvalue weighted by Gasteiger charge is 2.08. The van der Waals surface area contributed by atoms with Crippen molar-refractivity contribution in [1.29, 1.82) is 0 Å². The minimum absolute atomic E-state index is 0.148. The fourth-order valence-corrected chi connectivity index (χ4v) is 2.85. The first-order valence-electron chi connectivity index (χ1n) is 8.55. The maximum Gasteiger partial charge on any atom is 0.224 e. The van der Waals surface area contributed by atoms with Gasteiger partial charge in [0.05, 0.1) is 5.69 Å². The summed E-state index contributed by atoms with van der Waals surface area (Å²) in [6.07, 6.45) is 1.60. The molecule has 0 aliphatic rings. The van der Waals surface area contributed by atoms with E-state index >= 15 is 0 Å². The van der Waals surface area contributed by atoms with Crippen molar-refractivity contribution in [2.24, 2.45) is 0 Å². The zero-order valence-electron chi connectivity index (χ0n) is 15.3. The van der Waals surface area contributed by atoms with Crippen LogP contribution in [-0.2, 0) is 11.2 Å². The van der Waals surface area contributed by atoms with Gasteiger partial charge in [0.1, 0.15) is 5.82 Å². The van der Waals surface area contributed by atoms with Gasteiger partial charge in [-0.2, -0.15) is 0 Å². The molecule has 0 saturated heterocycles. The summed E-state index contributed by atoms with van der Waals surface area (Å²) in [4.78, 5) is 23.1. The van der Waals surface area contributed by atoms with E-state index in [9.17, 15) is 14.0 Å². The van der Waals surface area contributed by atoms with Crippen molar-refractivity contribution >= 4 is 28.7 Å². The number of hydrogen-bond acceptors (Lipinski definition) is 3. The van der Waals surface area contributed by atoms with Gasteiger partial charge in [0.15, 0.2) is 6.29 Å². The summed E-state index contributed by atoms with van der Waals surface area (Å²) in [7, 11) is 1.00. The largest absolute Gasteiger partial charge is 0.400 e. The van der Waals surface area contributed by atoms with Crippen LogP contribution in [0.25, 0.3) is 10.8 Å². The summed E-state index contributed by atoms with van der Waals surface area (Å²) in [6.45, 7) is 1.76. The summed E-state index contributed by atoms with van der Waals surface area (Å²) in [5.41, 5.74) is 2.62. The molecule has 0 atom stereocenters. The zero-order valence-corrected chi connectivity index (χ0v) is 15.3. The predicted octanol–water partition coefficient (Wildman–Crippen LogP) is 4.28. The summed E-state index contributed by atoms with van der Waals surface area (Å²) in [6, 6.07) is 15.9. The molecule has 3 rings (SSSR count). The van der Waals surface area contributed by atoms with Crippen molar-refractivity contribution in [2.45, 2.75) is 19.8 Å². The van der Waals surface area contributed by atoms with E-state index in [0.29, 0.717) is 29.7 Å². The topological polar surface area (TPSA) is 66.4 Å². The molecule has 1 amide bonds. The minimum atomic E-state index is -0.214. The monoisotopic (exact) mass is 367 g/mol. The van der Waals surface area contributed by atoms with Crippen LogP contribution in [0, 0.1) is 12.7 Å². The van der Waals surface area contributed by atoms with E-state index in [4.69, 9.17) is 5.11 Å². The number of aliphatic hydroxyl groups is 1. The van der Waals surface area contributed by atoms with Crippen molar-refractivity contribution in [3.8, 4) is 0 Å². The van der Waals surface area contributed by atoms with Gasteiger partial charge in [-0.15, -0.1) is 0 Å². The number of benzene rings is 3. The fraction of sp³-hybridized carbons (Fsp3) is 0.182. The van der Waals surface area contributed by atoms with Crippen LogP contribution in [0.4, 0.5) is 10.1 Å². The fourth-order valence-electron chi connectivity index (χ4n) is 2.85. The molecule has 0 saturated carbocycles. The van der Waals surface area contributed by atoms with E-state index in [-0.39, 0.29) is 11.7 Å². The lowest BCUT2D eigenvalue weighted by atomic mass is 10.0. The van der Waals surface area contributed by atoms with Crippen LogP contribution >= 0.6 is 0 Å². The van der Waals surface area contributed by atoms with Crippen molar-refractivity contribution in [2.75, 3.05) is 12.4 Å². The third-order valence-corrected chi connectivity index (χ3v) is 4.29. The first-order chi connectivity index (χ1) is 13.1. The number of aryl methyl sites for hydroxylation is 2. The van der Waals surface area contributed by atoms with Gasteiger partial charge in [-0.05, 0) is 53.4 Å². The van der Waals surface area contributed by atoms with Crippen LogP contribution < -0.4 is 5.32 Å². The molecule has 140 valence electrons. The molecule has 27 heavy (non-hydrogen) atoms. The first-order valence-corrected chi connectivity index (χ1v) is 8.55. The number of nitrogens with one attached hydrogen (secondary N) is 1. The third-order valence-electron chi connectivity index (χ3n) is 4.29. The molecule has 0 aromatic heterocycles. The Morgan fingerprint density at radius 3 is 2.59 bits per heavy atom. The number of fused-ring (bicyclic) bond motifs is 1. The van der Waals surface area contributed by atoms with E-state index in [0.717, 1.165) is 29.7 Å². The Morgan fingerprint density at radius 2 is 1.85 bits per heavy atom. The van der Waals surface area contributed by atoms with Crippen molar-refractivity contribution in [3.63, 3.8) is 0 Å². The lowest BCUT2D eigenvalue weighted by Crippen LogP contribution is -2.13. The van der Waals surface area contributed by atoms with Gasteiger partial charge >= 0.3 is 0 Å². The first kappa shape index (κ1) is 20.3. The van der Waals surface area contributed by atoms with E-state index in [1.165, 1.54) is 6.07 Å². The highest BCUT2D eigenvalue weighted by molar-refractivity contribution is 5.96. The molecule has 4 nitrogen and oxygen atoms in total. The summed E-state index contributed by atoms with van der Waals surface area (Å²) in [5.74, 6) is -0.363. The molecule has 0 fully saturated rings. The maximum atomic E-state index is 13.6. The van der Waals surface area contributed by atoms with Crippen LogP contribution in [0.15, 0.2) is 54.6 Å². The maximum absolute atomic E-state index is 13.6. The van der Waals surface area contributed by atoms with Gasteiger partial charge < -0.3 is 10.4 Å². The van der Waals surface area contributed by atoms with E-state index in [1.54, 1.807) is 37.3 Å². The smallest absolute Gasteiger partial charge is 0.224 e. The lowest BCUT2D eigenvalue weighted by Gasteiger charge is -2.09. The molecule has 0 aliphatic heterocycles. The number of hydrogen-bond donors (Lipinski definition) is 2. The Morgan fingerprint density at radius 1 is 1.11 bits per heavy atom. The number of anilines is 1. The molecule has 5 heteroatoms.